The Bertz CT molecular complexity index is 1170. The highest BCUT2D eigenvalue weighted by molar-refractivity contribution is 6.32. The largest absolute Gasteiger partial charge is 0.463 e. The third kappa shape index (κ3) is 7.09. The predicted octanol–water partition coefficient (Wildman–Crippen LogP) is 6.38. The molecule has 3 rings (SSSR count). The fraction of sp³-hybridized carbons (Fsp3) is 0.370. The predicted molar refractivity (Wildman–Crippen MR) is 140 cm³/mol. The molecular formula is C27H32ClN5O2. The molecule has 1 heterocycles. The molecule has 0 saturated heterocycles. The second-order valence-corrected chi connectivity index (χ2v) is 8.78. The molecule has 0 aliphatic carbocycles. The van der Waals surface area contributed by atoms with Gasteiger partial charge in [0.05, 0.1) is 12.2 Å². The lowest BCUT2D eigenvalue weighted by Gasteiger charge is -2.16. The van der Waals surface area contributed by atoms with Crippen molar-refractivity contribution < 1.29 is 9.53 Å². The first-order valence-electron chi connectivity index (χ1n) is 12.0. The highest BCUT2D eigenvalue weighted by Gasteiger charge is 2.16. The van der Waals surface area contributed by atoms with Crippen molar-refractivity contribution in [3.63, 3.8) is 0 Å². The zero-order valence-corrected chi connectivity index (χ0v) is 21.5. The highest BCUT2D eigenvalue weighted by atomic mass is 35.5. The lowest BCUT2D eigenvalue weighted by molar-refractivity contribution is -0.138. The summed E-state index contributed by atoms with van der Waals surface area (Å²) in [6, 6.07) is 16.5. The monoisotopic (exact) mass is 493 g/mol. The number of carbonyl (C=O) groups excluding carboxylic acids is 1. The van der Waals surface area contributed by atoms with Crippen LogP contribution in [0.15, 0.2) is 64.3 Å². The molecule has 0 spiro atoms. The van der Waals surface area contributed by atoms with Gasteiger partial charge in [-0.3, -0.25) is 0 Å². The van der Waals surface area contributed by atoms with Crippen LogP contribution in [0.25, 0.3) is 22.5 Å². The SMILES string of the molecule is CCCC/C(=N/C(Cl)=C(\C)C(=O)OCC)C(C)Cc1ccc(-c2ccccc2-c2nn[nH]n2)cc1. The van der Waals surface area contributed by atoms with Gasteiger partial charge < -0.3 is 4.74 Å². The van der Waals surface area contributed by atoms with Gasteiger partial charge in [-0.05, 0) is 60.9 Å². The Balaban J connectivity index is 1.80. The molecule has 3 aromatic rings. The van der Waals surface area contributed by atoms with E-state index in [4.69, 9.17) is 16.3 Å². The van der Waals surface area contributed by atoms with E-state index in [1.165, 1.54) is 5.56 Å². The van der Waals surface area contributed by atoms with Crippen molar-refractivity contribution in [2.75, 3.05) is 6.61 Å². The fourth-order valence-electron chi connectivity index (χ4n) is 3.80. The van der Waals surface area contributed by atoms with E-state index >= 15 is 0 Å². The number of tetrazole rings is 1. The number of benzene rings is 2. The van der Waals surface area contributed by atoms with E-state index in [9.17, 15) is 4.79 Å². The summed E-state index contributed by atoms with van der Waals surface area (Å²) in [4.78, 5) is 16.7. The summed E-state index contributed by atoms with van der Waals surface area (Å²) in [5.41, 5.74) is 5.58. The molecule has 35 heavy (non-hydrogen) atoms. The molecule has 0 amide bonds. The standard InChI is InChI=1S/C27H32ClN5O2/c1-5-7-12-24(29-25(28)19(4)27(34)35-6-2)18(3)17-20-13-15-21(16-14-20)22-10-8-9-11-23(22)26-30-32-33-31-26/h8-11,13-16,18H,5-7,12,17H2,1-4H3,(H,30,31,32,33)/b25-19+,29-24-. The summed E-state index contributed by atoms with van der Waals surface area (Å²) in [6.45, 7) is 8.02. The van der Waals surface area contributed by atoms with E-state index in [2.05, 4.69) is 69.8 Å². The zero-order valence-electron chi connectivity index (χ0n) is 20.7. The van der Waals surface area contributed by atoms with Gasteiger partial charge >= 0.3 is 5.97 Å². The number of esters is 1. The van der Waals surface area contributed by atoms with Crippen LogP contribution in [0.2, 0.25) is 0 Å². The third-order valence-corrected chi connectivity index (χ3v) is 6.18. The molecule has 2 aromatic carbocycles. The lowest BCUT2D eigenvalue weighted by Crippen LogP contribution is -2.15. The number of carbonyl (C=O) groups is 1. The Morgan fingerprint density at radius 1 is 1.11 bits per heavy atom. The van der Waals surface area contributed by atoms with E-state index < -0.39 is 5.97 Å². The van der Waals surface area contributed by atoms with Crippen molar-refractivity contribution >= 4 is 23.3 Å². The first-order valence-corrected chi connectivity index (χ1v) is 12.3. The number of nitrogens with zero attached hydrogens (tertiary/aromatic N) is 4. The molecule has 0 bridgehead atoms. The first-order chi connectivity index (χ1) is 16.9. The van der Waals surface area contributed by atoms with E-state index in [0.29, 0.717) is 18.0 Å². The fourth-order valence-corrected chi connectivity index (χ4v) is 3.99. The van der Waals surface area contributed by atoms with Crippen LogP contribution in [0.4, 0.5) is 0 Å². The maximum absolute atomic E-state index is 12.0. The molecule has 1 N–H and O–H groups in total. The number of ether oxygens (including phenoxy) is 1. The molecule has 1 unspecified atom stereocenters. The maximum atomic E-state index is 12.0. The van der Waals surface area contributed by atoms with Gasteiger partial charge in [-0.15, -0.1) is 10.2 Å². The van der Waals surface area contributed by atoms with Crippen molar-refractivity contribution in [1.82, 2.24) is 20.6 Å². The Kier molecular flexibility index (Phi) is 9.73. The molecule has 0 aliphatic heterocycles. The van der Waals surface area contributed by atoms with Crippen LogP contribution in [-0.4, -0.2) is 38.9 Å². The quantitative estimate of drug-likeness (QED) is 0.145. The van der Waals surface area contributed by atoms with E-state index in [1.807, 2.05) is 18.2 Å². The smallest absolute Gasteiger partial charge is 0.336 e. The van der Waals surface area contributed by atoms with Crippen molar-refractivity contribution in [3.8, 4) is 22.5 Å². The van der Waals surface area contributed by atoms with Crippen LogP contribution in [0.3, 0.4) is 0 Å². The highest BCUT2D eigenvalue weighted by Crippen LogP contribution is 2.30. The van der Waals surface area contributed by atoms with Gasteiger partial charge in [0, 0.05) is 11.3 Å². The van der Waals surface area contributed by atoms with Gasteiger partial charge in [0.25, 0.3) is 0 Å². The first kappa shape index (κ1) is 26.3. The number of hydrogen-bond acceptors (Lipinski definition) is 6. The van der Waals surface area contributed by atoms with E-state index in [1.54, 1.807) is 13.8 Å². The summed E-state index contributed by atoms with van der Waals surface area (Å²) in [7, 11) is 0. The van der Waals surface area contributed by atoms with Crippen molar-refractivity contribution in [2.24, 2.45) is 10.9 Å². The minimum atomic E-state index is -0.430. The van der Waals surface area contributed by atoms with Gasteiger partial charge in [-0.25, -0.2) is 9.79 Å². The molecule has 0 saturated carbocycles. The van der Waals surface area contributed by atoms with Gasteiger partial charge in [0.15, 0.2) is 0 Å². The number of aliphatic imine (C=N–C) groups is 1. The summed E-state index contributed by atoms with van der Waals surface area (Å²) in [6.07, 6.45) is 3.72. The average Bonchev–Trinajstić information content (AvgIpc) is 3.41. The molecule has 7 nitrogen and oxygen atoms in total. The number of aromatic nitrogens is 4. The Morgan fingerprint density at radius 2 is 1.83 bits per heavy atom. The Labute approximate surface area is 211 Å². The molecule has 1 atom stereocenters. The minimum absolute atomic E-state index is 0.169. The van der Waals surface area contributed by atoms with Crippen LogP contribution in [0.1, 0.15) is 52.5 Å². The number of aromatic amines is 1. The van der Waals surface area contributed by atoms with Crippen LogP contribution in [-0.2, 0) is 16.0 Å². The second kappa shape index (κ2) is 13.0. The molecule has 0 fully saturated rings. The number of nitrogens with one attached hydrogen (secondary N) is 1. The third-order valence-electron chi connectivity index (χ3n) is 5.81. The van der Waals surface area contributed by atoms with Crippen LogP contribution >= 0.6 is 11.6 Å². The summed E-state index contributed by atoms with van der Waals surface area (Å²) < 4.78 is 5.06. The van der Waals surface area contributed by atoms with E-state index in [-0.39, 0.29) is 11.1 Å². The van der Waals surface area contributed by atoms with Gasteiger partial charge in [-0.2, -0.15) is 5.21 Å². The number of hydrogen-bond donors (Lipinski definition) is 1. The van der Waals surface area contributed by atoms with Crippen molar-refractivity contribution in [1.29, 1.82) is 0 Å². The Morgan fingerprint density at radius 3 is 2.46 bits per heavy atom. The van der Waals surface area contributed by atoms with Crippen LogP contribution < -0.4 is 0 Å². The number of unbranched alkanes of at least 4 members (excludes halogenated alkanes) is 1. The molecule has 8 heteroatoms. The normalized spacial score (nSPS) is 13.3. The number of halogens is 1. The zero-order chi connectivity index (χ0) is 25.2. The number of H-pyrrole nitrogens is 1. The summed E-state index contributed by atoms with van der Waals surface area (Å²) in [5, 5.41) is 14.7. The number of rotatable bonds is 11. The Hall–Kier alpha value is -3.32. The molecular weight excluding hydrogens is 462 g/mol. The molecule has 184 valence electrons. The summed E-state index contributed by atoms with van der Waals surface area (Å²) in [5.74, 6) is 0.307. The van der Waals surface area contributed by atoms with Crippen LogP contribution in [0, 0.1) is 5.92 Å². The average molecular weight is 494 g/mol. The van der Waals surface area contributed by atoms with Crippen LogP contribution in [0.5, 0.6) is 0 Å². The molecule has 0 radical (unpaired) electrons. The minimum Gasteiger partial charge on any atom is -0.463 e. The molecule has 0 aliphatic rings. The van der Waals surface area contributed by atoms with Crippen molar-refractivity contribution in [3.05, 3.63) is 64.8 Å². The van der Waals surface area contributed by atoms with Crippen molar-refractivity contribution in [2.45, 2.75) is 53.4 Å². The topological polar surface area (TPSA) is 93.1 Å². The van der Waals surface area contributed by atoms with Gasteiger partial charge in [0.1, 0.15) is 5.16 Å². The maximum Gasteiger partial charge on any atom is 0.336 e. The molecule has 1 aromatic heterocycles. The van der Waals surface area contributed by atoms with E-state index in [0.717, 1.165) is 48.1 Å². The van der Waals surface area contributed by atoms with Gasteiger partial charge in [-0.1, -0.05) is 80.4 Å². The lowest BCUT2D eigenvalue weighted by atomic mass is 9.92. The summed E-state index contributed by atoms with van der Waals surface area (Å²) >= 11 is 6.40. The van der Waals surface area contributed by atoms with Gasteiger partial charge in [0.2, 0.25) is 5.82 Å². The second-order valence-electron chi connectivity index (χ2n) is 8.43.